The molecule has 0 spiro atoms. The van der Waals surface area contributed by atoms with Crippen molar-refractivity contribution in [3.8, 4) is 12.3 Å². The van der Waals surface area contributed by atoms with Crippen molar-refractivity contribution < 1.29 is 26.1 Å². The van der Waals surface area contributed by atoms with Crippen molar-refractivity contribution in [3.63, 3.8) is 0 Å². The standard InChI is InChI=1S/C3H3.Hg/c1-3-2;/h1H,2H2;/q;+1. The molecule has 0 saturated carbocycles. The Morgan fingerprint density at radius 2 is 2.25 bits per heavy atom. The Morgan fingerprint density at radius 1 is 2.00 bits per heavy atom. The van der Waals surface area contributed by atoms with E-state index in [1.165, 1.54) is 0 Å². The summed E-state index contributed by atoms with van der Waals surface area (Å²) >= 11 is 0.837. The molecule has 0 N–H and O–H groups in total. The molecule has 0 heterocycles. The zero-order chi connectivity index (χ0) is 3.41. The molecule has 0 fully saturated rings. The van der Waals surface area contributed by atoms with Gasteiger partial charge in [0, 0.05) is 0 Å². The van der Waals surface area contributed by atoms with Crippen LogP contribution in [0.2, 0.25) is 3.93 Å². The van der Waals surface area contributed by atoms with Crippen LogP contribution in [0.3, 0.4) is 0 Å². The quantitative estimate of drug-likeness (QED) is 0.429. The van der Waals surface area contributed by atoms with E-state index in [1.807, 2.05) is 0 Å². The first-order valence-corrected chi connectivity index (χ1v) is 5.03. The molecule has 0 bridgehead atoms. The molecule has 0 aliphatic carbocycles. The van der Waals surface area contributed by atoms with Crippen LogP contribution in [-0.2, 0) is 26.1 Å². The average Bonchev–Trinajstić information content (AvgIpc) is 1.37. The number of hydrogen-bond donors (Lipinski definition) is 0. The third-order valence-corrected chi connectivity index (χ3v) is 1.27. The van der Waals surface area contributed by atoms with Crippen LogP contribution in [0.25, 0.3) is 0 Å². The van der Waals surface area contributed by atoms with Crippen molar-refractivity contribution in [2.75, 3.05) is 0 Å². The van der Waals surface area contributed by atoms with Crippen LogP contribution in [-0.4, -0.2) is 0 Å². The summed E-state index contributed by atoms with van der Waals surface area (Å²) in [7, 11) is 0. The molecule has 4 heavy (non-hydrogen) atoms. The minimum absolute atomic E-state index is 0.837. The summed E-state index contributed by atoms with van der Waals surface area (Å²) < 4.78 is 1.04. The summed E-state index contributed by atoms with van der Waals surface area (Å²) in [6.45, 7) is 0. The molecule has 0 radical (unpaired) electrons. The van der Waals surface area contributed by atoms with Crippen LogP contribution in [0.4, 0.5) is 0 Å². The van der Waals surface area contributed by atoms with Gasteiger partial charge in [0.25, 0.3) is 0 Å². The normalized spacial score (nSPS) is 5.25. The number of hydrogen-bond acceptors (Lipinski definition) is 0. The molecule has 0 nitrogen and oxygen atoms in total. The first-order chi connectivity index (χ1) is 1.91. The third-order valence-electron chi connectivity index (χ3n) is 0.144. The average molecular weight is 240 g/mol. The van der Waals surface area contributed by atoms with Crippen molar-refractivity contribution in [1.82, 2.24) is 0 Å². The minimum atomic E-state index is 0.837. The van der Waals surface area contributed by atoms with E-state index in [9.17, 15) is 0 Å². The van der Waals surface area contributed by atoms with Gasteiger partial charge in [0.2, 0.25) is 0 Å². The Kier molecular flexibility index (Phi) is 3.93. The van der Waals surface area contributed by atoms with Gasteiger partial charge in [-0.15, -0.1) is 0 Å². The SMILES string of the molecule is C#C[CH2][Hg+]. The zero-order valence-electron chi connectivity index (χ0n) is 2.49. The molecule has 16 valence electrons. The second-order valence-corrected chi connectivity index (χ2v) is 2.40. The summed E-state index contributed by atoms with van der Waals surface area (Å²) in [4.78, 5) is 0. The van der Waals surface area contributed by atoms with Gasteiger partial charge in [0.1, 0.15) is 0 Å². The van der Waals surface area contributed by atoms with Crippen molar-refractivity contribution in [1.29, 1.82) is 0 Å². The van der Waals surface area contributed by atoms with Crippen molar-refractivity contribution >= 4 is 0 Å². The molecule has 0 atom stereocenters. The maximum atomic E-state index is 4.83. The van der Waals surface area contributed by atoms with Gasteiger partial charge in [0.15, 0.2) is 0 Å². The van der Waals surface area contributed by atoms with E-state index in [-0.39, 0.29) is 0 Å². The maximum absolute atomic E-state index is 4.83. The van der Waals surface area contributed by atoms with Crippen LogP contribution in [0.5, 0.6) is 0 Å². The first-order valence-electron chi connectivity index (χ1n) is 1.14. The fourth-order valence-corrected chi connectivity index (χ4v) is 0. The molecule has 0 aromatic heterocycles. The van der Waals surface area contributed by atoms with Crippen molar-refractivity contribution in [3.05, 3.63) is 0 Å². The zero-order valence-corrected chi connectivity index (χ0v) is 7.99. The Labute approximate surface area is 42.6 Å². The molecular weight excluding hydrogens is 237 g/mol. The monoisotopic (exact) mass is 241 g/mol. The number of rotatable bonds is 0. The summed E-state index contributed by atoms with van der Waals surface area (Å²) in [6, 6.07) is 0. The van der Waals surface area contributed by atoms with E-state index >= 15 is 0 Å². The van der Waals surface area contributed by atoms with E-state index in [1.54, 1.807) is 0 Å². The molecule has 0 amide bonds. The van der Waals surface area contributed by atoms with Crippen LogP contribution >= 0.6 is 0 Å². The molecule has 1 heteroatoms. The second-order valence-electron chi connectivity index (χ2n) is 0.454. The predicted octanol–water partition coefficient (Wildman–Crippen LogP) is 0.585. The molecule has 0 aliphatic rings. The third kappa shape index (κ3) is 2.50. The van der Waals surface area contributed by atoms with Gasteiger partial charge < -0.3 is 0 Å². The molecular formula is C3H3Hg+. The Balaban J connectivity index is 2.43. The predicted molar refractivity (Wildman–Crippen MR) is 13.6 cm³/mol. The summed E-state index contributed by atoms with van der Waals surface area (Å²) in [5.74, 6) is 2.52. The van der Waals surface area contributed by atoms with E-state index in [2.05, 4.69) is 5.92 Å². The molecule has 0 saturated heterocycles. The fourth-order valence-electron chi connectivity index (χ4n) is 0. The van der Waals surface area contributed by atoms with E-state index in [4.69, 9.17) is 6.42 Å². The van der Waals surface area contributed by atoms with Gasteiger partial charge in [-0.1, -0.05) is 0 Å². The van der Waals surface area contributed by atoms with Gasteiger partial charge in [-0.25, -0.2) is 0 Å². The number of terminal acetylenes is 1. The van der Waals surface area contributed by atoms with Crippen molar-refractivity contribution in [2.24, 2.45) is 0 Å². The van der Waals surface area contributed by atoms with Crippen LogP contribution in [0, 0.1) is 12.3 Å². The van der Waals surface area contributed by atoms with E-state index < -0.39 is 0 Å². The van der Waals surface area contributed by atoms with E-state index in [0.29, 0.717) is 0 Å². The van der Waals surface area contributed by atoms with Crippen LogP contribution in [0.1, 0.15) is 0 Å². The topological polar surface area (TPSA) is 0 Å². The Morgan fingerprint density at radius 3 is 2.25 bits per heavy atom. The first kappa shape index (κ1) is 4.50. The fraction of sp³-hybridized carbons (Fsp3) is 0.333. The van der Waals surface area contributed by atoms with Gasteiger partial charge in [-0.05, 0) is 0 Å². The molecule has 0 aromatic carbocycles. The summed E-state index contributed by atoms with van der Waals surface area (Å²) in [5, 5.41) is 0. The van der Waals surface area contributed by atoms with E-state index in [0.717, 1.165) is 30.1 Å². The van der Waals surface area contributed by atoms with Gasteiger partial charge in [-0.2, -0.15) is 0 Å². The van der Waals surface area contributed by atoms with Gasteiger partial charge in [-0.3, -0.25) is 0 Å². The van der Waals surface area contributed by atoms with Crippen LogP contribution < -0.4 is 0 Å². The molecule has 0 aliphatic heterocycles. The molecule has 0 aromatic rings. The molecule has 0 rings (SSSR count). The molecule has 0 unspecified atom stereocenters. The Hall–Kier alpha value is 0.495. The van der Waals surface area contributed by atoms with Gasteiger partial charge in [0.05, 0.1) is 0 Å². The Bertz CT molecular complexity index is 33.0. The second kappa shape index (κ2) is 3.50. The van der Waals surface area contributed by atoms with Crippen LogP contribution in [0.15, 0.2) is 0 Å². The summed E-state index contributed by atoms with van der Waals surface area (Å²) in [5.41, 5.74) is 0. The summed E-state index contributed by atoms with van der Waals surface area (Å²) in [6.07, 6.45) is 4.83. The van der Waals surface area contributed by atoms with Gasteiger partial charge >= 0.3 is 42.4 Å². The van der Waals surface area contributed by atoms with Crippen molar-refractivity contribution in [2.45, 2.75) is 3.93 Å².